The third kappa shape index (κ3) is 7.22. The van der Waals surface area contributed by atoms with Gasteiger partial charge in [0.15, 0.2) is 0 Å². The van der Waals surface area contributed by atoms with Gasteiger partial charge in [0.1, 0.15) is 0 Å². The topological polar surface area (TPSA) is 107 Å². The molecule has 1 rings (SSSR count). The van der Waals surface area contributed by atoms with Crippen LogP contribution >= 0.6 is 0 Å². The Hall–Kier alpha value is -1.14. The van der Waals surface area contributed by atoms with E-state index in [4.69, 9.17) is 10.2 Å². The number of aliphatic carboxylic acids is 1. The Morgan fingerprint density at radius 3 is 2.36 bits per heavy atom. The Balaban J connectivity index is 2.05. The van der Waals surface area contributed by atoms with Gasteiger partial charge in [-0.1, -0.05) is 19.3 Å². The van der Waals surface area contributed by atoms with Crippen molar-refractivity contribution in [1.82, 2.24) is 5.32 Å². The largest absolute Gasteiger partial charge is 0.481 e. The maximum atomic E-state index is 12.0. The quantitative estimate of drug-likeness (QED) is 0.455. The molecular weight excluding hydrogens is 286 g/mol. The van der Waals surface area contributed by atoms with Crippen LogP contribution in [0.2, 0.25) is 0 Å². The Kier molecular flexibility index (Phi) is 9.08. The highest BCUT2D eigenvalue weighted by Crippen LogP contribution is 2.29. The molecule has 1 saturated carbocycles. The number of aliphatic hydroxyl groups is 2. The molecule has 0 bridgehead atoms. The number of carbonyl (C=O) groups excluding carboxylic acids is 1. The Morgan fingerprint density at radius 1 is 1.05 bits per heavy atom. The normalized spacial score (nSPS) is 24.9. The van der Waals surface area contributed by atoms with E-state index >= 15 is 0 Å². The third-order valence-corrected chi connectivity index (χ3v) is 4.39. The van der Waals surface area contributed by atoms with Crippen LogP contribution in [0.5, 0.6) is 0 Å². The lowest BCUT2D eigenvalue weighted by Crippen LogP contribution is -2.42. The van der Waals surface area contributed by atoms with E-state index in [1.807, 2.05) is 0 Å². The molecule has 0 radical (unpaired) electrons. The van der Waals surface area contributed by atoms with E-state index in [2.05, 4.69) is 5.32 Å². The summed E-state index contributed by atoms with van der Waals surface area (Å²) in [6.45, 7) is 0.678. The number of rotatable bonds is 10. The second-order valence-corrected chi connectivity index (χ2v) is 6.24. The van der Waals surface area contributed by atoms with Crippen molar-refractivity contribution in [2.45, 2.75) is 63.9 Å². The van der Waals surface area contributed by atoms with E-state index in [9.17, 15) is 14.7 Å². The maximum Gasteiger partial charge on any atom is 0.303 e. The molecule has 1 aliphatic rings. The van der Waals surface area contributed by atoms with Crippen molar-refractivity contribution >= 4 is 11.9 Å². The molecular formula is C16H29NO5. The van der Waals surface area contributed by atoms with Crippen molar-refractivity contribution in [2.75, 3.05) is 13.2 Å². The molecule has 6 heteroatoms. The zero-order valence-corrected chi connectivity index (χ0v) is 13.2. The standard InChI is InChI=1S/C16H29NO5/c18-11-12-7-8-13(14(19)10-12)16(22)17-9-5-3-1-2-4-6-15(20)21/h12-14,18-19H,1-11H2,(H,17,22)(H,20,21). The van der Waals surface area contributed by atoms with Crippen molar-refractivity contribution in [3.05, 3.63) is 0 Å². The summed E-state index contributed by atoms with van der Waals surface area (Å²) in [5.41, 5.74) is 0. The lowest BCUT2D eigenvalue weighted by molar-refractivity contribution is -0.137. The van der Waals surface area contributed by atoms with Gasteiger partial charge in [-0.15, -0.1) is 0 Å². The van der Waals surface area contributed by atoms with Gasteiger partial charge in [0, 0.05) is 19.6 Å². The minimum absolute atomic E-state index is 0.0767. The van der Waals surface area contributed by atoms with Gasteiger partial charge in [-0.25, -0.2) is 0 Å². The van der Waals surface area contributed by atoms with E-state index in [0.29, 0.717) is 25.8 Å². The van der Waals surface area contributed by atoms with Gasteiger partial charge in [-0.2, -0.15) is 0 Å². The van der Waals surface area contributed by atoms with Crippen molar-refractivity contribution in [1.29, 1.82) is 0 Å². The minimum Gasteiger partial charge on any atom is -0.481 e. The number of nitrogens with one attached hydrogen (secondary N) is 1. The molecule has 4 N–H and O–H groups in total. The highest BCUT2D eigenvalue weighted by atomic mass is 16.4. The summed E-state index contributed by atoms with van der Waals surface area (Å²) < 4.78 is 0. The molecule has 128 valence electrons. The molecule has 0 heterocycles. The molecule has 0 aliphatic heterocycles. The van der Waals surface area contributed by atoms with Crippen LogP contribution in [0.4, 0.5) is 0 Å². The number of hydrogen-bond donors (Lipinski definition) is 4. The predicted octanol–water partition coefficient (Wildman–Crippen LogP) is 1.30. The number of amides is 1. The average molecular weight is 315 g/mol. The summed E-state index contributed by atoms with van der Waals surface area (Å²) in [6.07, 6.45) is 5.94. The SMILES string of the molecule is O=C(O)CCCCCCCNC(=O)C1CCC(CO)CC1O. The first-order chi connectivity index (χ1) is 10.5. The number of carboxylic acid groups (broad SMARTS) is 1. The summed E-state index contributed by atoms with van der Waals surface area (Å²) in [4.78, 5) is 22.4. The Labute approximate surface area is 131 Å². The van der Waals surface area contributed by atoms with E-state index in [-0.39, 0.29) is 30.8 Å². The van der Waals surface area contributed by atoms with Gasteiger partial charge >= 0.3 is 5.97 Å². The van der Waals surface area contributed by atoms with Crippen LogP contribution in [0.15, 0.2) is 0 Å². The second kappa shape index (κ2) is 10.6. The third-order valence-electron chi connectivity index (χ3n) is 4.39. The average Bonchev–Trinajstić information content (AvgIpc) is 2.49. The van der Waals surface area contributed by atoms with Crippen molar-refractivity contribution in [3.8, 4) is 0 Å². The number of unbranched alkanes of at least 4 members (excludes halogenated alkanes) is 4. The van der Waals surface area contributed by atoms with Gasteiger partial charge in [-0.05, 0) is 38.0 Å². The molecule has 0 spiro atoms. The summed E-state index contributed by atoms with van der Waals surface area (Å²) >= 11 is 0. The van der Waals surface area contributed by atoms with Crippen LogP contribution in [0.3, 0.4) is 0 Å². The van der Waals surface area contributed by atoms with Gasteiger partial charge in [-0.3, -0.25) is 9.59 Å². The van der Waals surface area contributed by atoms with Crippen LogP contribution < -0.4 is 5.32 Å². The molecule has 1 fully saturated rings. The van der Waals surface area contributed by atoms with Crippen LogP contribution in [-0.2, 0) is 9.59 Å². The lowest BCUT2D eigenvalue weighted by Gasteiger charge is -2.31. The molecule has 1 aliphatic carbocycles. The fraction of sp³-hybridized carbons (Fsp3) is 0.875. The first kappa shape index (κ1) is 18.9. The van der Waals surface area contributed by atoms with Crippen LogP contribution in [-0.4, -0.2) is 46.5 Å². The van der Waals surface area contributed by atoms with Crippen LogP contribution in [0.1, 0.15) is 57.8 Å². The molecule has 0 aromatic rings. The fourth-order valence-corrected chi connectivity index (χ4v) is 2.98. The van der Waals surface area contributed by atoms with E-state index in [0.717, 1.165) is 32.1 Å². The van der Waals surface area contributed by atoms with E-state index < -0.39 is 12.1 Å². The number of carbonyl (C=O) groups is 2. The van der Waals surface area contributed by atoms with Crippen LogP contribution in [0.25, 0.3) is 0 Å². The smallest absolute Gasteiger partial charge is 0.303 e. The fourth-order valence-electron chi connectivity index (χ4n) is 2.98. The highest BCUT2D eigenvalue weighted by Gasteiger charge is 2.33. The van der Waals surface area contributed by atoms with Gasteiger partial charge in [0.25, 0.3) is 0 Å². The zero-order valence-electron chi connectivity index (χ0n) is 13.2. The second-order valence-electron chi connectivity index (χ2n) is 6.24. The first-order valence-electron chi connectivity index (χ1n) is 8.33. The molecule has 0 aromatic heterocycles. The molecule has 3 unspecified atom stereocenters. The molecule has 0 aromatic carbocycles. The van der Waals surface area contributed by atoms with Crippen LogP contribution in [0, 0.1) is 11.8 Å². The summed E-state index contributed by atoms with van der Waals surface area (Å²) in [6, 6.07) is 0. The Bertz CT molecular complexity index is 347. The van der Waals surface area contributed by atoms with Crippen molar-refractivity contribution < 1.29 is 24.9 Å². The number of aliphatic hydroxyl groups excluding tert-OH is 2. The predicted molar refractivity (Wildman–Crippen MR) is 82.3 cm³/mol. The molecule has 3 atom stereocenters. The van der Waals surface area contributed by atoms with Gasteiger partial charge < -0.3 is 20.6 Å². The monoisotopic (exact) mass is 315 g/mol. The van der Waals surface area contributed by atoms with Crippen molar-refractivity contribution in [3.63, 3.8) is 0 Å². The minimum atomic E-state index is -0.748. The van der Waals surface area contributed by atoms with E-state index in [1.165, 1.54) is 0 Å². The first-order valence-corrected chi connectivity index (χ1v) is 8.33. The molecule has 1 amide bonds. The lowest BCUT2D eigenvalue weighted by atomic mass is 9.79. The summed E-state index contributed by atoms with van der Waals surface area (Å²) in [5, 5.41) is 30.4. The number of carboxylic acids is 1. The number of hydrogen-bond acceptors (Lipinski definition) is 4. The Morgan fingerprint density at radius 2 is 1.73 bits per heavy atom. The zero-order chi connectivity index (χ0) is 16.4. The molecule has 22 heavy (non-hydrogen) atoms. The highest BCUT2D eigenvalue weighted by molar-refractivity contribution is 5.79. The summed E-state index contributed by atoms with van der Waals surface area (Å²) in [7, 11) is 0. The molecule has 0 saturated heterocycles. The van der Waals surface area contributed by atoms with E-state index in [1.54, 1.807) is 0 Å². The van der Waals surface area contributed by atoms with Crippen molar-refractivity contribution in [2.24, 2.45) is 11.8 Å². The maximum absolute atomic E-state index is 12.0. The molecule has 6 nitrogen and oxygen atoms in total. The van der Waals surface area contributed by atoms with Gasteiger partial charge in [0.05, 0.1) is 12.0 Å². The summed E-state index contributed by atoms with van der Waals surface area (Å²) in [5.74, 6) is -1.07. The van der Waals surface area contributed by atoms with Gasteiger partial charge in [0.2, 0.25) is 5.91 Å².